The molecule has 0 radical (unpaired) electrons. The van der Waals surface area contributed by atoms with Gasteiger partial charge in [0.15, 0.2) is 0 Å². The van der Waals surface area contributed by atoms with Gasteiger partial charge >= 0.3 is 0 Å². The molecule has 0 saturated carbocycles. The number of aliphatic hydroxyl groups is 1. The lowest BCUT2D eigenvalue weighted by Crippen LogP contribution is -2.26. The molecule has 1 amide bonds. The number of hydrogen-bond acceptors (Lipinski definition) is 3. The third kappa shape index (κ3) is 3.98. The number of carbonyl (C=O) groups is 1. The molecule has 2 N–H and O–H groups in total. The average Bonchev–Trinajstić information content (AvgIpc) is 2.47. The molecule has 0 atom stereocenters. The van der Waals surface area contributed by atoms with E-state index in [0.29, 0.717) is 22.1 Å². The maximum Gasteiger partial charge on any atom is 0.251 e. The summed E-state index contributed by atoms with van der Waals surface area (Å²) in [5.74, 6) is 0.951. The molecule has 0 unspecified atom stereocenters. The van der Waals surface area contributed by atoms with Crippen molar-refractivity contribution in [3.63, 3.8) is 0 Å². The lowest BCUT2D eigenvalue weighted by molar-refractivity contribution is 0.0944. The van der Waals surface area contributed by atoms with Crippen LogP contribution in [0.25, 0.3) is 0 Å². The SMILES string of the molecule is O=C(NCCO)c1cccc(Oc2ccc(Cl)cc2)c1. The van der Waals surface area contributed by atoms with Gasteiger partial charge in [0.25, 0.3) is 5.91 Å². The average molecular weight is 292 g/mol. The molecule has 0 aromatic heterocycles. The molecule has 20 heavy (non-hydrogen) atoms. The molecule has 2 rings (SSSR count). The van der Waals surface area contributed by atoms with Crippen molar-refractivity contribution >= 4 is 17.5 Å². The second-order valence-corrected chi connectivity index (χ2v) is 4.50. The Bertz CT molecular complexity index is 584. The molecule has 5 heteroatoms. The molecular weight excluding hydrogens is 278 g/mol. The van der Waals surface area contributed by atoms with Crippen LogP contribution < -0.4 is 10.1 Å². The number of carbonyl (C=O) groups excluding carboxylic acids is 1. The van der Waals surface area contributed by atoms with Gasteiger partial charge in [0.05, 0.1) is 6.61 Å². The number of hydrogen-bond donors (Lipinski definition) is 2. The molecule has 0 aliphatic heterocycles. The monoisotopic (exact) mass is 291 g/mol. The Kier molecular flexibility index (Phi) is 4.98. The number of amides is 1. The van der Waals surface area contributed by atoms with Gasteiger partial charge in [-0.2, -0.15) is 0 Å². The second-order valence-electron chi connectivity index (χ2n) is 4.06. The first-order chi connectivity index (χ1) is 9.69. The Morgan fingerprint density at radius 3 is 2.60 bits per heavy atom. The van der Waals surface area contributed by atoms with E-state index >= 15 is 0 Å². The van der Waals surface area contributed by atoms with E-state index in [2.05, 4.69) is 5.32 Å². The van der Waals surface area contributed by atoms with Crippen molar-refractivity contribution in [2.75, 3.05) is 13.2 Å². The van der Waals surface area contributed by atoms with Crippen molar-refractivity contribution in [1.82, 2.24) is 5.32 Å². The zero-order chi connectivity index (χ0) is 14.4. The van der Waals surface area contributed by atoms with Gasteiger partial charge in [-0.3, -0.25) is 4.79 Å². The van der Waals surface area contributed by atoms with Gasteiger partial charge in [-0.1, -0.05) is 17.7 Å². The quantitative estimate of drug-likeness (QED) is 0.890. The minimum Gasteiger partial charge on any atom is -0.457 e. The maximum atomic E-state index is 11.8. The number of aliphatic hydroxyl groups excluding tert-OH is 1. The summed E-state index contributed by atoms with van der Waals surface area (Å²) < 4.78 is 5.64. The van der Waals surface area contributed by atoms with Crippen molar-refractivity contribution in [2.45, 2.75) is 0 Å². The van der Waals surface area contributed by atoms with E-state index in [-0.39, 0.29) is 19.1 Å². The summed E-state index contributed by atoms with van der Waals surface area (Å²) in [5.41, 5.74) is 0.477. The highest BCUT2D eigenvalue weighted by molar-refractivity contribution is 6.30. The van der Waals surface area contributed by atoms with E-state index in [1.54, 1.807) is 48.5 Å². The molecule has 4 nitrogen and oxygen atoms in total. The molecule has 2 aromatic rings. The zero-order valence-electron chi connectivity index (χ0n) is 10.7. The molecule has 0 bridgehead atoms. The molecule has 2 aromatic carbocycles. The van der Waals surface area contributed by atoms with E-state index in [4.69, 9.17) is 21.4 Å². The number of benzene rings is 2. The normalized spacial score (nSPS) is 10.1. The fourth-order valence-corrected chi connectivity index (χ4v) is 1.74. The fraction of sp³-hybridized carbons (Fsp3) is 0.133. The summed E-state index contributed by atoms with van der Waals surface area (Å²) in [5, 5.41) is 11.9. The van der Waals surface area contributed by atoms with Crippen molar-refractivity contribution in [2.24, 2.45) is 0 Å². The van der Waals surface area contributed by atoms with Crippen molar-refractivity contribution in [1.29, 1.82) is 0 Å². The van der Waals surface area contributed by atoms with Gasteiger partial charge in [0.1, 0.15) is 11.5 Å². The highest BCUT2D eigenvalue weighted by atomic mass is 35.5. The van der Waals surface area contributed by atoms with Crippen LogP contribution in [-0.4, -0.2) is 24.2 Å². The van der Waals surface area contributed by atoms with Crippen LogP contribution in [0.4, 0.5) is 0 Å². The number of ether oxygens (including phenoxy) is 1. The number of halogens is 1. The van der Waals surface area contributed by atoms with Crippen LogP contribution in [0.5, 0.6) is 11.5 Å². The van der Waals surface area contributed by atoms with Crippen LogP contribution in [-0.2, 0) is 0 Å². The third-order valence-electron chi connectivity index (χ3n) is 2.54. The maximum absolute atomic E-state index is 11.8. The molecular formula is C15H14ClNO3. The lowest BCUT2D eigenvalue weighted by Gasteiger charge is -2.08. The van der Waals surface area contributed by atoms with Crippen LogP contribution >= 0.6 is 11.6 Å². The molecule has 0 heterocycles. The van der Waals surface area contributed by atoms with Crippen molar-refractivity contribution < 1.29 is 14.6 Å². The zero-order valence-corrected chi connectivity index (χ0v) is 11.4. The van der Waals surface area contributed by atoms with E-state index in [1.165, 1.54) is 0 Å². The van der Waals surface area contributed by atoms with Crippen molar-refractivity contribution in [3.8, 4) is 11.5 Å². The summed E-state index contributed by atoms with van der Waals surface area (Å²) >= 11 is 5.80. The first-order valence-corrected chi connectivity index (χ1v) is 6.49. The van der Waals surface area contributed by atoms with Gasteiger partial charge in [0, 0.05) is 17.1 Å². The molecule has 0 saturated heterocycles. The summed E-state index contributed by atoms with van der Waals surface area (Å²) in [6.07, 6.45) is 0. The second kappa shape index (κ2) is 6.93. The molecule has 0 aliphatic carbocycles. The summed E-state index contributed by atoms with van der Waals surface area (Å²) in [6, 6.07) is 13.8. The Hall–Kier alpha value is -2.04. The van der Waals surface area contributed by atoms with E-state index in [1.807, 2.05) is 0 Å². The fourth-order valence-electron chi connectivity index (χ4n) is 1.61. The highest BCUT2D eigenvalue weighted by Crippen LogP contribution is 2.23. The topological polar surface area (TPSA) is 58.6 Å². The Labute approximate surface area is 122 Å². The first kappa shape index (κ1) is 14.4. The van der Waals surface area contributed by atoms with Crippen LogP contribution in [0.2, 0.25) is 5.02 Å². The number of rotatable bonds is 5. The van der Waals surface area contributed by atoms with E-state index < -0.39 is 0 Å². The van der Waals surface area contributed by atoms with Gasteiger partial charge in [-0.05, 0) is 42.5 Å². The van der Waals surface area contributed by atoms with Crippen LogP contribution in [0, 0.1) is 0 Å². The molecule has 0 spiro atoms. The molecule has 0 fully saturated rings. The number of nitrogens with one attached hydrogen (secondary N) is 1. The van der Waals surface area contributed by atoms with E-state index in [9.17, 15) is 4.79 Å². The first-order valence-electron chi connectivity index (χ1n) is 6.11. The predicted octanol–water partition coefficient (Wildman–Crippen LogP) is 2.85. The van der Waals surface area contributed by atoms with Gasteiger partial charge in [-0.25, -0.2) is 0 Å². The van der Waals surface area contributed by atoms with Gasteiger partial charge in [-0.15, -0.1) is 0 Å². The summed E-state index contributed by atoms with van der Waals surface area (Å²) in [6.45, 7) is 0.133. The predicted molar refractivity (Wildman–Crippen MR) is 77.4 cm³/mol. The van der Waals surface area contributed by atoms with Crippen LogP contribution in [0.15, 0.2) is 48.5 Å². The van der Waals surface area contributed by atoms with Crippen LogP contribution in [0.3, 0.4) is 0 Å². The molecule has 0 aliphatic rings. The summed E-state index contributed by atoms with van der Waals surface area (Å²) in [7, 11) is 0. The van der Waals surface area contributed by atoms with Crippen molar-refractivity contribution in [3.05, 3.63) is 59.1 Å². The third-order valence-corrected chi connectivity index (χ3v) is 2.79. The van der Waals surface area contributed by atoms with Crippen LogP contribution in [0.1, 0.15) is 10.4 Å². The summed E-state index contributed by atoms with van der Waals surface area (Å²) in [4.78, 5) is 11.8. The lowest BCUT2D eigenvalue weighted by atomic mass is 10.2. The highest BCUT2D eigenvalue weighted by Gasteiger charge is 2.06. The van der Waals surface area contributed by atoms with Gasteiger partial charge < -0.3 is 15.2 Å². The minimum atomic E-state index is -0.249. The smallest absolute Gasteiger partial charge is 0.251 e. The minimum absolute atomic E-state index is 0.0906. The largest absolute Gasteiger partial charge is 0.457 e. The Balaban J connectivity index is 2.09. The Morgan fingerprint density at radius 1 is 1.15 bits per heavy atom. The standard InChI is InChI=1S/C15H14ClNO3/c16-12-4-6-13(7-5-12)20-14-3-1-2-11(10-14)15(19)17-8-9-18/h1-7,10,18H,8-9H2,(H,17,19). The van der Waals surface area contributed by atoms with Gasteiger partial charge in [0.2, 0.25) is 0 Å². The molecule has 104 valence electrons. The van der Waals surface area contributed by atoms with E-state index in [0.717, 1.165) is 0 Å². The Morgan fingerprint density at radius 2 is 1.90 bits per heavy atom.